The maximum atomic E-state index is 6.06. The molecule has 1 heterocycles. The summed E-state index contributed by atoms with van der Waals surface area (Å²) in [6.07, 6.45) is 0. The molecular weight excluding hydrogens is 426 g/mol. The van der Waals surface area contributed by atoms with Gasteiger partial charge in [-0.1, -0.05) is 65.7 Å². The van der Waals surface area contributed by atoms with Gasteiger partial charge >= 0.3 is 0 Å². The van der Waals surface area contributed by atoms with Crippen LogP contribution in [-0.4, -0.2) is 0 Å². The molecule has 0 radical (unpaired) electrons. The lowest BCUT2D eigenvalue weighted by molar-refractivity contribution is 0.669. The maximum Gasteiger partial charge on any atom is 0.135 e. The fourth-order valence-corrected chi connectivity index (χ4v) is 4.79. The Morgan fingerprint density at radius 2 is 1.11 bits per heavy atom. The summed E-state index contributed by atoms with van der Waals surface area (Å²) < 4.78 is 6.06. The molecule has 0 saturated heterocycles. The van der Waals surface area contributed by atoms with Crippen molar-refractivity contribution in [3.05, 3.63) is 126 Å². The van der Waals surface area contributed by atoms with Crippen LogP contribution >= 0.6 is 0 Å². The molecule has 0 N–H and O–H groups in total. The lowest BCUT2D eigenvalue weighted by atomic mass is 9.97. The third-order valence-corrected chi connectivity index (χ3v) is 6.75. The second-order valence-electron chi connectivity index (χ2n) is 9.31. The van der Waals surface area contributed by atoms with Gasteiger partial charge in [-0.05, 0) is 92.1 Å². The number of hydrogen-bond donors (Lipinski definition) is 0. The molecule has 6 rings (SSSR count). The van der Waals surface area contributed by atoms with Crippen molar-refractivity contribution in [2.75, 3.05) is 4.90 Å². The van der Waals surface area contributed by atoms with Crippen molar-refractivity contribution in [3.63, 3.8) is 0 Å². The minimum atomic E-state index is 0.921. The lowest BCUT2D eigenvalue weighted by Gasteiger charge is -2.26. The molecule has 0 saturated carbocycles. The van der Waals surface area contributed by atoms with Gasteiger partial charge in [-0.2, -0.15) is 0 Å². The lowest BCUT2D eigenvalue weighted by Crippen LogP contribution is -2.10. The predicted molar refractivity (Wildman–Crippen MR) is 148 cm³/mol. The van der Waals surface area contributed by atoms with Gasteiger partial charge in [0.1, 0.15) is 11.2 Å². The summed E-state index contributed by atoms with van der Waals surface area (Å²) in [6, 6.07) is 38.9. The van der Waals surface area contributed by atoms with E-state index in [-0.39, 0.29) is 0 Å². The molecule has 170 valence electrons. The third kappa shape index (κ3) is 3.87. The quantitative estimate of drug-likeness (QED) is 0.264. The van der Waals surface area contributed by atoms with E-state index in [4.69, 9.17) is 4.42 Å². The van der Waals surface area contributed by atoms with Crippen molar-refractivity contribution in [2.45, 2.75) is 20.8 Å². The van der Waals surface area contributed by atoms with Crippen LogP contribution in [0.25, 0.3) is 33.1 Å². The normalized spacial score (nSPS) is 11.3. The van der Waals surface area contributed by atoms with Crippen molar-refractivity contribution in [3.8, 4) is 11.1 Å². The smallest absolute Gasteiger partial charge is 0.135 e. The first-order chi connectivity index (χ1) is 17.1. The van der Waals surface area contributed by atoms with E-state index in [1.54, 1.807) is 0 Å². The second kappa shape index (κ2) is 8.48. The molecule has 0 aliphatic rings. The SMILES string of the molecule is Cc1ccc(N(c2ccc(C)cc2)c2ccc(C)c(-c3ccc4oc5ccccc5c4c3)c2)cc1. The Balaban J connectivity index is 1.51. The summed E-state index contributed by atoms with van der Waals surface area (Å²) in [4.78, 5) is 2.33. The topological polar surface area (TPSA) is 16.4 Å². The van der Waals surface area contributed by atoms with Crippen LogP contribution in [0.3, 0.4) is 0 Å². The summed E-state index contributed by atoms with van der Waals surface area (Å²) in [6.45, 7) is 6.43. The van der Waals surface area contributed by atoms with Crippen molar-refractivity contribution < 1.29 is 4.42 Å². The van der Waals surface area contributed by atoms with Gasteiger partial charge in [-0.3, -0.25) is 0 Å². The monoisotopic (exact) mass is 453 g/mol. The number of rotatable bonds is 4. The minimum Gasteiger partial charge on any atom is -0.456 e. The molecule has 0 aliphatic carbocycles. The molecule has 1 aromatic heterocycles. The van der Waals surface area contributed by atoms with Crippen LogP contribution in [-0.2, 0) is 0 Å². The van der Waals surface area contributed by atoms with Crippen molar-refractivity contribution >= 4 is 39.0 Å². The summed E-state index contributed by atoms with van der Waals surface area (Å²) in [5.41, 5.74) is 11.4. The molecule has 0 aliphatic heterocycles. The van der Waals surface area contributed by atoms with Gasteiger partial charge < -0.3 is 9.32 Å². The zero-order chi connectivity index (χ0) is 23.9. The maximum absolute atomic E-state index is 6.06. The van der Waals surface area contributed by atoms with Crippen molar-refractivity contribution in [1.82, 2.24) is 0 Å². The Hall–Kier alpha value is -4.30. The van der Waals surface area contributed by atoms with E-state index in [0.29, 0.717) is 0 Å². The number of nitrogens with zero attached hydrogens (tertiary/aromatic N) is 1. The Kier molecular flexibility index (Phi) is 5.15. The largest absolute Gasteiger partial charge is 0.456 e. The fraction of sp³-hybridized carbons (Fsp3) is 0.0909. The number of benzene rings is 5. The van der Waals surface area contributed by atoms with E-state index in [1.807, 2.05) is 12.1 Å². The molecule has 5 aromatic carbocycles. The van der Waals surface area contributed by atoms with Crippen LogP contribution in [0, 0.1) is 20.8 Å². The van der Waals surface area contributed by atoms with Crippen LogP contribution in [0.4, 0.5) is 17.1 Å². The van der Waals surface area contributed by atoms with Gasteiger partial charge in [0.25, 0.3) is 0 Å². The van der Waals surface area contributed by atoms with Gasteiger partial charge in [-0.25, -0.2) is 0 Å². The number of hydrogen-bond acceptors (Lipinski definition) is 2. The van der Waals surface area contributed by atoms with Gasteiger partial charge in [-0.15, -0.1) is 0 Å². The highest BCUT2D eigenvalue weighted by atomic mass is 16.3. The number of aryl methyl sites for hydroxylation is 3. The molecule has 6 aromatic rings. The zero-order valence-corrected chi connectivity index (χ0v) is 20.2. The number of fused-ring (bicyclic) bond motifs is 3. The molecular formula is C33H27NO. The molecule has 35 heavy (non-hydrogen) atoms. The average Bonchev–Trinajstić information content (AvgIpc) is 3.25. The molecule has 0 atom stereocenters. The first-order valence-corrected chi connectivity index (χ1v) is 12.0. The van der Waals surface area contributed by atoms with Crippen LogP contribution in [0.5, 0.6) is 0 Å². The van der Waals surface area contributed by atoms with Crippen molar-refractivity contribution in [1.29, 1.82) is 0 Å². The molecule has 2 heteroatoms. The first-order valence-electron chi connectivity index (χ1n) is 12.0. The summed E-state index contributed by atoms with van der Waals surface area (Å²) >= 11 is 0. The Morgan fingerprint density at radius 1 is 0.514 bits per heavy atom. The molecule has 0 amide bonds. The van der Waals surface area contributed by atoms with E-state index < -0.39 is 0 Å². The van der Waals surface area contributed by atoms with Gasteiger partial charge in [0, 0.05) is 27.8 Å². The number of furan rings is 1. The van der Waals surface area contributed by atoms with Crippen LogP contribution in [0.1, 0.15) is 16.7 Å². The molecule has 0 unspecified atom stereocenters. The summed E-state index contributed by atoms with van der Waals surface area (Å²) in [5, 5.41) is 2.30. The Labute approximate surface area is 206 Å². The molecule has 0 spiro atoms. The molecule has 0 fully saturated rings. The number of anilines is 3. The third-order valence-electron chi connectivity index (χ3n) is 6.75. The standard InChI is InChI=1S/C33H27NO/c1-22-8-14-26(15-9-22)34(27-16-10-23(2)11-17-27)28-18-12-24(3)30(21-28)25-13-19-33-31(20-25)29-6-4-5-7-32(29)35-33/h4-21H,1-3H3. The Morgan fingerprint density at radius 3 is 1.80 bits per heavy atom. The van der Waals surface area contributed by atoms with E-state index in [9.17, 15) is 0 Å². The average molecular weight is 454 g/mol. The van der Waals surface area contributed by atoms with Crippen LogP contribution < -0.4 is 4.90 Å². The van der Waals surface area contributed by atoms with Gasteiger partial charge in [0.05, 0.1) is 0 Å². The van der Waals surface area contributed by atoms with Crippen molar-refractivity contribution in [2.24, 2.45) is 0 Å². The fourth-order valence-electron chi connectivity index (χ4n) is 4.79. The second-order valence-corrected chi connectivity index (χ2v) is 9.31. The highest BCUT2D eigenvalue weighted by Crippen LogP contribution is 2.39. The van der Waals surface area contributed by atoms with E-state index >= 15 is 0 Å². The van der Waals surface area contributed by atoms with Gasteiger partial charge in [0.15, 0.2) is 0 Å². The highest BCUT2D eigenvalue weighted by molar-refractivity contribution is 6.06. The summed E-state index contributed by atoms with van der Waals surface area (Å²) in [7, 11) is 0. The number of para-hydroxylation sites is 1. The first kappa shape index (κ1) is 21.2. The van der Waals surface area contributed by atoms with Crippen LogP contribution in [0.2, 0.25) is 0 Å². The predicted octanol–water partition coefficient (Wildman–Crippen LogP) is 9.65. The highest BCUT2D eigenvalue weighted by Gasteiger charge is 2.15. The summed E-state index contributed by atoms with van der Waals surface area (Å²) in [5.74, 6) is 0. The van der Waals surface area contributed by atoms with E-state index in [2.05, 4.69) is 123 Å². The molecule has 0 bridgehead atoms. The molecule has 2 nitrogen and oxygen atoms in total. The van der Waals surface area contributed by atoms with E-state index in [1.165, 1.54) is 27.8 Å². The van der Waals surface area contributed by atoms with Gasteiger partial charge in [0.2, 0.25) is 0 Å². The van der Waals surface area contributed by atoms with Crippen LogP contribution in [0.15, 0.2) is 114 Å². The zero-order valence-electron chi connectivity index (χ0n) is 20.2. The Bertz CT molecular complexity index is 1610. The van der Waals surface area contributed by atoms with E-state index in [0.717, 1.165) is 39.0 Å². The minimum absolute atomic E-state index is 0.921.